The van der Waals surface area contributed by atoms with Crippen molar-refractivity contribution in [2.24, 2.45) is 10.9 Å². The monoisotopic (exact) mass is 386 g/mol. The Morgan fingerprint density at radius 1 is 1.12 bits per heavy atom. The van der Waals surface area contributed by atoms with Crippen LogP contribution >= 0.6 is 12.4 Å². The van der Waals surface area contributed by atoms with Gasteiger partial charge in [-0.25, -0.2) is 13.6 Å². The number of para-hydroxylation sites is 1. The summed E-state index contributed by atoms with van der Waals surface area (Å²) in [5.74, 6) is 0.0940. The summed E-state index contributed by atoms with van der Waals surface area (Å²) < 4.78 is 33.8. The number of carbonyl (C=O) groups is 1. The largest absolute Gasteiger partial charge is 0.496 e. The molecule has 0 fully saturated rings. The number of ketones is 1. The van der Waals surface area contributed by atoms with Crippen LogP contribution in [0.5, 0.6) is 17.2 Å². The van der Waals surface area contributed by atoms with Gasteiger partial charge in [-0.1, -0.05) is 18.2 Å². The molecule has 0 aliphatic rings. The molecule has 2 aromatic carbocycles. The topological polar surface area (TPSA) is 122 Å². The summed E-state index contributed by atoms with van der Waals surface area (Å²) >= 11 is 0. The van der Waals surface area contributed by atoms with Gasteiger partial charge in [-0.2, -0.15) is 0 Å². The summed E-state index contributed by atoms with van der Waals surface area (Å²) in [6.07, 6.45) is 0. The molecular weight excluding hydrogens is 368 g/mol. The molecule has 2 rings (SSSR count). The second-order valence-corrected chi connectivity index (χ2v) is 6.62. The van der Waals surface area contributed by atoms with Crippen molar-refractivity contribution >= 4 is 28.2 Å². The smallest absolute Gasteiger partial charge is 0.213 e. The third-order valence-electron chi connectivity index (χ3n) is 3.20. The molecule has 0 aliphatic carbocycles. The van der Waals surface area contributed by atoms with Gasteiger partial charge in [0.15, 0.2) is 5.78 Å². The maximum Gasteiger partial charge on any atom is 0.213 e. The number of primary sulfonamides is 1. The number of hydrogen-bond acceptors (Lipinski definition) is 6. The van der Waals surface area contributed by atoms with Crippen LogP contribution in [0, 0.1) is 0 Å². The fourth-order valence-corrected chi connectivity index (χ4v) is 2.80. The average Bonchev–Trinajstić information content (AvgIpc) is 2.55. The molecule has 0 bridgehead atoms. The molecular formula is C16H19ClN2O5S. The van der Waals surface area contributed by atoms with E-state index in [1.807, 2.05) is 6.07 Å². The van der Waals surface area contributed by atoms with Gasteiger partial charge in [0.1, 0.15) is 17.2 Å². The molecule has 4 N–H and O–H groups in total. The molecule has 0 atom stereocenters. The van der Waals surface area contributed by atoms with Crippen LogP contribution in [0.4, 0.5) is 0 Å². The summed E-state index contributed by atoms with van der Waals surface area (Å²) in [5.41, 5.74) is 5.90. The first-order valence-corrected chi connectivity index (χ1v) is 8.73. The summed E-state index contributed by atoms with van der Waals surface area (Å²) in [6.45, 7) is -0.213. The number of Topliss-reactive ketones (excluding diaryl/α,β-unsaturated/α-hetero) is 1. The Kier molecular flexibility index (Phi) is 7.38. The molecule has 0 amide bonds. The Morgan fingerprint density at radius 2 is 1.76 bits per heavy atom. The molecule has 0 unspecified atom stereocenters. The number of benzene rings is 2. The van der Waals surface area contributed by atoms with Crippen LogP contribution in [0.2, 0.25) is 0 Å². The summed E-state index contributed by atoms with van der Waals surface area (Å²) in [4.78, 5) is 12.0. The number of methoxy groups -OCH3 is 1. The molecule has 0 heterocycles. The molecule has 9 heteroatoms. The van der Waals surface area contributed by atoms with Crippen molar-refractivity contribution in [1.82, 2.24) is 0 Å². The van der Waals surface area contributed by atoms with E-state index in [1.54, 1.807) is 24.3 Å². The normalized spacial score (nSPS) is 10.7. The van der Waals surface area contributed by atoms with E-state index in [1.165, 1.54) is 19.2 Å². The van der Waals surface area contributed by atoms with Gasteiger partial charge < -0.3 is 15.2 Å². The minimum atomic E-state index is -3.80. The predicted octanol–water partition coefficient (Wildman–Crippen LogP) is 1.84. The number of halogens is 1. The molecule has 2 aromatic rings. The molecule has 7 nitrogen and oxygen atoms in total. The Bertz CT molecular complexity index is 841. The molecule has 0 aliphatic heterocycles. The Labute approximate surface area is 152 Å². The van der Waals surface area contributed by atoms with E-state index in [0.717, 1.165) is 0 Å². The molecule has 0 saturated carbocycles. The summed E-state index contributed by atoms with van der Waals surface area (Å²) in [6, 6.07) is 11.6. The van der Waals surface area contributed by atoms with E-state index < -0.39 is 15.8 Å². The minimum absolute atomic E-state index is 0. The van der Waals surface area contributed by atoms with E-state index in [4.69, 9.17) is 20.3 Å². The number of sulfonamides is 1. The van der Waals surface area contributed by atoms with Gasteiger partial charge in [-0.05, 0) is 24.3 Å². The number of carbonyl (C=O) groups excluding carboxylic acids is 1. The molecule has 0 radical (unpaired) electrons. The number of hydrogen-bond donors (Lipinski definition) is 2. The lowest BCUT2D eigenvalue weighted by Crippen LogP contribution is -2.17. The zero-order valence-electron chi connectivity index (χ0n) is 13.5. The first-order valence-electron chi connectivity index (χ1n) is 7.01. The van der Waals surface area contributed by atoms with Crippen molar-refractivity contribution in [2.45, 2.75) is 5.75 Å². The first kappa shape index (κ1) is 20.9. The van der Waals surface area contributed by atoms with Gasteiger partial charge in [0.05, 0.1) is 25.0 Å². The second-order valence-electron chi connectivity index (χ2n) is 5.01. The minimum Gasteiger partial charge on any atom is -0.496 e. The SMILES string of the molecule is COc1cc(CS(N)(=O)=O)c(Oc2ccccc2)cc1C(=O)CN.Cl. The van der Waals surface area contributed by atoms with Crippen molar-refractivity contribution in [3.8, 4) is 17.2 Å². The summed E-state index contributed by atoms with van der Waals surface area (Å²) in [7, 11) is -2.42. The third kappa shape index (κ3) is 5.71. The highest BCUT2D eigenvalue weighted by Crippen LogP contribution is 2.33. The number of rotatable bonds is 7. The predicted molar refractivity (Wildman–Crippen MR) is 97.0 cm³/mol. The number of ether oxygens (including phenoxy) is 2. The standard InChI is InChI=1S/C16H18N2O5S.ClH/c1-22-16-7-11(10-24(18,20)21)15(8-13(16)14(19)9-17)23-12-5-3-2-4-6-12;/h2-8H,9-10,17H2,1H3,(H2,18,20,21);1H. The van der Waals surface area contributed by atoms with Crippen LogP contribution in [0.25, 0.3) is 0 Å². The van der Waals surface area contributed by atoms with Crippen molar-refractivity contribution in [3.05, 3.63) is 53.6 Å². The van der Waals surface area contributed by atoms with E-state index in [-0.39, 0.29) is 47.4 Å². The Balaban J connectivity index is 0.00000312. The van der Waals surface area contributed by atoms with Crippen molar-refractivity contribution < 1.29 is 22.7 Å². The lowest BCUT2D eigenvalue weighted by Gasteiger charge is -2.15. The van der Waals surface area contributed by atoms with Crippen LogP contribution in [-0.2, 0) is 15.8 Å². The van der Waals surface area contributed by atoms with Gasteiger partial charge in [-0.15, -0.1) is 12.4 Å². The van der Waals surface area contributed by atoms with Crippen molar-refractivity contribution in [3.63, 3.8) is 0 Å². The first-order chi connectivity index (χ1) is 11.3. The summed E-state index contributed by atoms with van der Waals surface area (Å²) in [5, 5.41) is 5.13. The Hall–Kier alpha value is -2.13. The van der Waals surface area contributed by atoms with Gasteiger partial charge in [-0.3, -0.25) is 4.79 Å². The van der Waals surface area contributed by atoms with E-state index in [9.17, 15) is 13.2 Å². The maximum atomic E-state index is 12.0. The van der Waals surface area contributed by atoms with Crippen molar-refractivity contribution in [2.75, 3.05) is 13.7 Å². The van der Waals surface area contributed by atoms with Crippen LogP contribution in [0.1, 0.15) is 15.9 Å². The second kappa shape index (κ2) is 8.82. The van der Waals surface area contributed by atoms with Crippen molar-refractivity contribution in [1.29, 1.82) is 0 Å². The lowest BCUT2D eigenvalue weighted by atomic mass is 10.1. The zero-order valence-corrected chi connectivity index (χ0v) is 15.1. The van der Waals surface area contributed by atoms with Crippen LogP contribution in [-0.4, -0.2) is 27.9 Å². The molecule has 25 heavy (non-hydrogen) atoms. The van der Waals surface area contributed by atoms with E-state index in [0.29, 0.717) is 5.75 Å². The zero-order chi connectivity index (χ0) is 17.7. The van der Waals surface area contributed by atoms with Crippen LogP contribution < -0.4 is 20.3 Å². The van der Waals surface area contributed by atoms with Gasteiger partial charge >= 0.3 is 0 Å². The fraction of sp³-hybridized carbons (Fsp3) is 0.188. The molecule has 0 saturated heterocycles. The maximum absolute atomic E-state index is 12.0. The quantitative estimate of drug-likeness (QED) is 0.700. The highest BCUT2D eigenvalue weighted by atomic mass is 35.5. The Morgan fingerprint density at radius 3 is 2.28 bits per heavy atom. The molecule has 136 valence electrons. The number of nitrogens with two attached hydrogens (primary N) is 2. The molecule has 0 spiro atoms. The third-order valence-corrected chi connectivity index (χ3v) is 3.91. The highest BCUT2D eigenvalue weighted by Gasteiger charge is 2.19. The van der Waals surface area contributed by atoms with Gasteiger partial charge in [0, 0.05) is 5.56 Å². The molecule has 0 aromatic heterocycles. The van der Waals surface area contributed by atoms with Crippen LogP contribution in [0.3, 0.4) is 0 Å². The fourth-order valence-electron chi connectivity index (χ4n) is 2.14. The van der Waals surface area contributed by atoms with E-state index >= 15 is 0 Å². The van der Waals surface area contributed by atoms with Gasteiger partial charge in [0.25, 0.3) is 0 Å². The van der Waals surface area contributed by atoms with E-state index in [2.05, 4.69) is 0 Å². The highest BCUT2D eigenvalue weighted by molar-refractivity contribution is 7.88. The van der Waals surface area contributed by atoms with Gasteiger partial charge in [0.2, 0.25) is 10.0 Å². The average molecular weight is 387 g/mol. The lowest BCUT2D eigenvalue weighted by molar-refractivity contribution is 0.0998. The van der Waals surface area contributed by atoms with Crippen LogP contribution in [0.15, 0.2) is 42.5 Å².